The van der Waals surface area contributed by atoms with Crippen molar-refractivity contribution in [3.05, 3.63) is 58.5 Å². The van der Waals surface area contributed by atoms with Crippen molar-refractivity contribution in [2.45, 2.75) is 39.7 Å². The molecule has 1 N–H and O–H groups in total. The quantitative estimate of drug-likeness (QED) is 0.415. The highest BCUT2D eigenvalue weighted by Gasteiger charge is 2.27. The van der Waals surface area contributed by atoms with Crippen LogP contribution < -0.4 is 0 Å². The number of nitrogens with zero attached hydrogens (tertiary/aromatic N) is 2. The van der Waals surface area contributed by atoms with Gasteiger partial charge in [0.25, 0.3) is 0 Å². The van der Waals surface area contributed by atoms with Gasteiger partial charge in [0.05, 0.1) is 24.8 Å². The predicted octanol–water partition coefficient (Wildman–Crippen LogP) is 3.35. The Bertz CT molecular complexity index is 1150. The van der Waals surface area contributed by atoms with Crippen LogP contribution in [0.4, 0.5) is 4.39 Å². The van der Waals surface area contributed by atoms with E-state index in [0.29, 0.717) is 16.8 Å². The number of halogens is 1. The second-order valence-corrected chi connectivity index (χ2v) is 7.13. The molecule has 9 nitrogen and oxygen atoms in total. The summed E-state index contributed by atoms with van der Waals surface area (Å²) in [5.41, 5.74) is 1.96. The van der Waals surface area contributed by atoms with E-state index in [0.717, 1.165) is 0 Å². The Morgan fingerprint density at radius 3 is 2.53 bits per heavy atom. The van der Waals surface area contributed by atoms with E-state index in [2.05, 4.69) is 15.1 Å². The summed E-state index contributed by atoms with van der Waals surface area (Å²) in [5.74, 6) is -1.55. The molecule has 168 valence electrons. The van der Waals surface area contributed by atoms with Crippen LogP contribution >= 0.6 is 0 Å². The van der Waals surface area contributed by atoms with E-state index in [4.69, 9.17) is 14.0 Å². The standard InChI is InChI=1S/C22H22FN3O6/c1-11-18(22(29)30-4)12(2)24-19(11)20(28)13(3)31-17(27)10-9-16-25-21(26-32-16)14-5-7-15(23)8-6-14/h5-8,13,24H,9-10H2,1-4H3/t13-/m1/s1. The molecule has 32 heavy (non-hydrogen) atoms. The number of aryl methyl sites for hydroxylation is 2. The van der Waals surface area contributed by atoms with Crippen LogP contribution in [0.5, 0.6) is 0 Å². The molecule has 2 heterocycles. The normalized spacial score (nSPS) is 11.8. The molecule has 0 amide bonds. The van der Waals surface area contributed by atoms with Gasteiger partial charge in [-0.25, -0.2) is 9.18 Å². The number of aromatic nitrogens is 3. The van der Waals surface area contributed by atoms with Crippen LogP contribution in [0.3, 0.4) is 0 Å². The zero-order valence-corrected chi connectivity index (χ0v) is 18.0. The van der Waals surface area contributed by atoms with Gasteiger partial charge in [0.15, 0.2) is 6.10 Å². The third kappa shape index (κ3) is 4.90. The van der Waals surface area contributed by atoms with Crippen LogP contribution in [0.25, 0.3) is 11.4 Å². The molecule has 0 fully saturated rings. The van der Waals surface area contributed by atoms with Gasteiger partial charge in [-0.2, -0.15) is 4.98 Å². The third-order valence-corrected chi connectivity index (χ3v) is 4.86. The number of benzene rings is 1. The number of aromatic amines is 1. The summed E-state index contributed by atoms with van der Waals surface area (Å²) in [5, 5.41) is 3.81. The summed E-state index contributed by atoms with van der Waals surface area (Å²) < 4.78 is 28.1. The van der Waals surface area contributed by atoms with Gasteiger partial charge >= 0.3 is 11.9 Å². The van der Waals surface area contributed by atoms with Crippen LogP contribution in [0.1, 0.15) is 51.3 Å². The number of hydrogen-bond acceptors (Lipinski definition) is 8. The number of methoxy groups -OCH3 is 1. The largest absolute Gasteiger partial charge is 0.465 e. The predicted molar refractivity (Wildman–Crippen MR) is 110 cm³/mol. The van der Waals surface area contributed by atoms with Gasteiger partial charge in [0, 0.05) is 17.7 Å². The van der Waals surface area contributed by atoms with Crippen molar-refractivity contribution < 1.29 is 32.8 Å². The summed E-state index contributed by atoms with van der Waals surface area (Å²) in [4.78, 5) is 43.8. The van der Waals surface area contributed by atoms with Gasteiger partial charge in [0.2, 0.25) is 17.5 Å². The first-order chi connectivity index (χ1) is 15.2. The van der Waals surface area contributed by atoms with E-state index in [1.165, 1.54) is 38.3 Å². The number of nitrogens with one attached hydrogen (secondary N) is 1. The highest BCUT2D eigenvalue weighted by atomic mass is 19.1. The number of carbonyl (C=O) groups excluding carboxylic acids is 3. The minimum Gasteiger partial charge on any atom is -0.465 e. The number of rotatable bonds is 8. The molecule has 3 aromatic rings. The summed E-state index contributed by atoms with van der Waals surface area (Å²) in [7, 11) is 1.26. The van der Waals surface area contributed by atoms with E-state index < -0.39 is 23.8 Å². The first-order valence-electron chi connectivity index (χ1n) is 9.81. The number of hydrogen-bond donors (Lipinski definition) is 1. The van der Waals surface area contributed by atoms with Crippen molar-refractivity contribution >= 4 is 17.7 Å². The average molecular weight is 443 g/mol. The van der Waals surface area contributed by atoms with Crippen molar-refractivity contribution in [3.63, 3.8) is 0 Å². The second kappa shape index (κ2) is 9.54. The lowest BCUT2D eigenvalue weighted by molar-refractivity contribution is -0.146. The molecular formula is C22H22FN3O6. The smallest absolute Gasteiger partial charge is 0.339 e. The minimum atomic E-state index is -1.07. The maximum absolute atomic E-state index is 13.0. The third-order valence-electron chi connectivity index (χ3n) is 4.86. The molecule has 0 spiro atoms. The summed E-state index contributed by atoms with van der Waals surface area (Å²) in [6, 6.07) is 5.59. The molecule has 0 unspecified atom stereocenters. The lowest BCUT2D eigenvalue weighted by Crippen LogP contribution is -2.25. The average Bonchev–Trinajstić information content (AvgIpc) is 3.36. The molecule has 0 radical (unpaired) electrons. The monoisotopic (exact) mass is 443 g/mol. The number of carbonyl (C=O) groups is 3. The van der Waals surface area contributed by atoms with Gasteiger partial charge in [-0.1, -0.05) is 5.16 Å². The fourth-order valence-corrected chi connectivity index (χ4v) is 3.20. The molecule has 1 atom stereocenters. The van der Waals surface area contributed by atoms with Crippen LogP contribution in [0.2, 0.25) is 0 Å². The molecule has 0 bridgehead atoms. The number of esters is 2. The summed E-state index contributed by atoms with van der Waals surface area (Å²) in [6.07, 6.45) is -1.04. The molecule has 3 rings (SSSR count). The highest BCUT2D eigenvalue weighted by Crippen LogP contribution is 2.21. The zero-order chi connectivity index (χ0) is 23.4. The molecular weight excluding hydrogens is 421 g/mol. The van der Waals surface area contributed by atoms with Gasteiger partial charge in [-0.15, -0.1) is 0 Å². The van der Waals surface area contributed by atoms with Crippen LogP contribution in [-0.2, 0) is 20.7 Å². The maximum Gasteiger partial charge on any atom is 0.339 e. The van der Waals surface area contributed by atoms with E-state index in [1.54, 1.807) is 13.8 Å². The molecule has 0 saturated carbocycles. The Labute approximate surface area is 182 Å². The Morgan fingerprint density at radius 2 is 1.88 bits per heavy atom. The van der Waals surface area contributed by atoms with E-state index >= 15 is 0 Å². The van der Waals surface area contributed by atoms with E-state index in [-0.39, 0.29) is 41.6 Å². The first-order valence-corrected chi connectivity index (χ1v) is 9.81. The van der Waals surface area contributed by atoms with Gasteiger partial charge < -0.3 is 19.0 Å². The van der Waals surface area contributed by atoms with Crippen molar-refractivity contribution in [1.29, 1.82) is 0 Å². The lowest BCUT2D eigenvalue weighted by Gasteiger charge is -2.11. The number of H-pyrrole nitrogens is 1. The molecule has 2 aromatic heterocycles. The second-order valence-electron chi connectivity index (χ2n) is 7.13. The molecule has 0 aliphatic carbocycles. The fraction of sp³-hybridized carbons (Fsp3) is 0.318. The molecule has 1 aromatic carbocycles. The van der Waals surface area contributed by atoms with Gasteiger partial charge in [0.1, 0.15) is 5.82 Å². The first kappa shape index (κ1) is 22.9. The SMILES string of the molecule is COC(=O)c1c(C)[nH]c(C(=O)[C@@H](C)OC(=O)CCc2nc(-c3ccc(F)cc3)no2)c1C. The molecule has 0 aliphatic rings. The van der Waals surface area contributed by atoms with E-state index in [9.17, 15) is 18.8 Å². The number of Topliss-reactive ketones (excluding diaryl/α,β-unsaturated/α-hetero) is 1. The highest BCUT2D eigenvalue weighted by molar-refractivity contribution is 6.03. The van der Waals surface area contributed by atoms with Crippen LogP contribution in [0, 0.1) is 19.7 Å². The van der Waals surface area contributed by atoms with Crippen molar-refractivity contribution in [3.8, 4) is 11.4 Å². The maximum atomic E-state index is 13.0. The van der Waals surface area contributed by atoms with Crippen molar-refractivity contribution in [2.24, 2.45) is 0 Å². The minimum absolute atomic E-state index is 0.0845. The Hall–Kier alpha value is -3.82. The lowest BCUT2D eigenvalue weighted by atomic mass is 10.1. The van der Waals surface area contributed by atoms with E-state index in [1.807, 2.05) is 0 Å². The topological polar surface area (TPSA) is 124 Å². The molecule has 0 aliphatic heterocycles. The molecule has 10 heteroatoms. The van der Waals surface area contributed by atoms with Gasteiger partial charge in [-0.3, -0.25) is 9.59 Å². The fourth-order valence-electron chi connectivity index (χ4n) is 3.20. The van der Waals surface area contributed by atoms with Gasteiger partial charge in [-0.05, 0) is 50.6 Å². The van der Waals surface area contributed by atoms with Crippen LogP contribution in [-0.4, -0.2) is 46.1 Å². The Balaban J connectivity index is 1.58. The Morgan fingerprint density at radius 1 is 1.19 bits per heavy atom. The van der Waals surface area contributed by atoms with Crippen molar-refractivity contribution in [1.82, 2.24) is 15.1 Å². The number of ketones is 1. The number of ether oxygens (including phenoxy) is 2. The van der Waals surface area contributed by atoms with Crippen molar-refractivity contribution in [2.75, 3.05) is 7.11 Å². The zero-order valence-electron chi connectivity index (χ0n) is 18.0. The summed E-state index contributed by atoms with van der Waals surface area (Å²) >= 11 is 0. The Kier molecular flexibility index (Phi) is 6.82. The summed E-state index contributed by atoms with van der Waals surface area (Å²) in [6.45, 7) is 4.72. The molecule has 0 saturated heterocycles. The van der Waals surface area contributed by atoms with Crippen LogP contribution in [0.15, 0.2) is 28.8 Å².